The van der Waals surface area contributed by atoms with Crippen molar-refractivity contribution in [1.29, 1.82) is 0 Å². The average molecular weight is 234 g/mol. The smallest absolute Gasteiger partial charge is 0.131 e. The van der Waals surface area contributed by atoms with E-state index in [9.17, 15) is 0 Å². The van der Waals surface area contributed by atoms with Gasteiger partial charge in [-0.1, -0.05) is 6.92 Å². The van der Waals surface area contributed by atoms with E-state index < -0.39 is 0 Å². The van der Waals surface area contributed by atoms with Crippen LogP contribution in [0.1, 0.15) is 32.6 Å². The van der Waals surface area contributed by atoms with Crippen LogP contribution >= 0.6 is 0 Å². The summed E-state index contributed by atoms with van der Waals surface area (Å²) in [5, 5.41) is 3.54. The van der Waals surface area contributed by atoms with E-state index in [4.69, 9.17) is 0 Å². The first-order valence-electron chi connectivity index (χ1n) is 6.53. The van der Waals surface area contributed by atoms with Gasteiger partial charge in [-0.15, -0.1) is 0 Å². The molecule has 0 aromatic carbocycles. The maximum absolute atomic E-state index is 4.31. The van der Waals surface area contributed by atoms with Crippen LogP contribution in [0.25, 0.3) is 0 Å². The monoisotopic (exact) mass is 234 g/mol. The first-order valence-corrected chi connectivity index (χ1v) is 6.53. The highest BCUT2D eigenvalue weighted by Crippen LogP contribution is 2.24. The molecule has 0 spiro atoms. The van der Waals surface area contributed by atoms with Gasteiger partial charge in [0, 0.05) is 25.3 Å². The number of nitrogens with zero attached hydrogens (tertiary/aromatic N) is 3. The predicted octanol–water partition coefficient (Wildman–Crippen LogP) is 1.83. The fourth-order valence-electron chi connectivity index (χ4n) is 2.64. The lowest BCUT2D eigenvalue weighted by molar-refractivity contribution is 0.340. The zero-order chi connectivity index (χ0) is 12.1. The van der Waals surface area contributed by atoms with Crippen LogP contribution in [0.15, 0.2) is 18.6 Å². The topological polar surface area (TPSA) is 41.0 Å². The summed E-state index contributed by atoms with van der Waals surface area (Å²) in [5.41, 5.74) is 0. The van der Waals surface area contributed by atoms with Crippen LogP contribution in [0.3, 0.4) is 0 Å². The number of nitrogens with one attached hydrogen (secondary N) is 1. The summed E-state index contributed by atoms with van der Waals surface area (Å²) in [4.78, 5) is 10.6. The summed E-state index contributed by atoms with van der Waals surface area (Å²) in [6.45, 7) is 3.26. The normalized spacial score (nSPS) is 24.6. The Morgan fingerprint density at radius 1 is 1.35 bits per heavy atom. The Kier molecular flexibility index (Phi) is 4.31. The Hall–Kier alpha value is -1.16. The van der Waals surface area contributed by atoms with Crippen molar-refractivity contribution in [2.45, 2.75) is 44.7 Å². The lowest BCUT2D eigenvalue weighted by Crippen LogP contribution is -2.41. The molecular formula is C13H22N4. The molecule has 1 aliphatic carbocycles. The van der Waals surface area contributed by atoms with Gasteiger partial charge in [0.15, 0.2) is 0 Å². The number of anilines is 1. The van der Waals surface area contributed by atoms with Crippen molar-refractivity contribution in [3.05, 3.63) is 18.6 Å². The summed E-state index contributed by atoms with van der Waals surface area (Å²) in [6.07, 6.45) is 8.47. The molecule has 0 amide bonds. The van der Waals surface area contributed by atoms with E-state index in [-0.39, 0.29) is 0 Å². The fourth-order valence-corrected chi connectivity index (χ4v) is 2.64. The van der Waals surface area contributed by atoms with E-state index in [0.29, 0.717) is 6.04 Å². The molecule has 1 heterocycles. The Morgan fingerprint density at radius 2 is 2.12 bits per heavy atom. The molecule has 0 atom stereocenters. The van der Waals surface area contributed by atoms with Crippen LogP contribution in [0, 0.1) is 0 Å². The standard InChI is InChI=1S/C13H22N4/c1-3-15-11-4-6-12(7-5-11)17(2)13-8-9-14-10-16-13/h8-12,15H,3-7H2,1-2H3. The van der Waals surface area contributed by atoms with Crippen molar-refractivity contribution in [3.8, 4) is 0 Å². The molecule has 0 bridgehead atoms. The molecule has 1 aromatic heterocycles. The zero-order valence-electron chi connectivity index (χ0n) is 10.8. The van der Waals surface area contributed by atoms with Gasteiger partial charge in [-0.25, -0.2) is 9.97 Å². The average Bonchev–Trinajstić information content (AvgIpc) is 2.40. The molecule has 0 aliphatic heterocycles. The summed E-state index contributed by atoms with van der Waals surface area (Å²) in [5.74, 6) is 1.03. The highest BCUT2D eigenvalue weighted by molar-refractivity contribution is 5.36. The molecule has 94 valence electrons. The van der Waals surface area contributed by atoms with Gasteiger partial charge in [-0.05, 0) is 38.3 Å². The minimum Gasteiger partial charge on any atom is -0.357 e. The van der Waals surface area contributed by atoms with Gasteiger partial charge < -0.3 is 10.2 Å². The third-order valence-corrected chi connectivity index (χ3v) is 3.66. The second-order valence-electron chi connectivity index (χ2n) is 4.74. The quantitative estimate of drug-likeness (QED) is 0.863. The van der Waals surface area contributed by atoms with Gasteiger partial charge in [-0.3, -0.25) is 0 Å². The van der Waals surface area contributed by atoms with Crippen LogP contribution in [-0.4, -0.2) is 35.6 Å². The van der Waals surface area contributed by atoms with Crippen LogP contribution in [0.4, 0.5) is 5.82 Å². The molecule has 0 unspecified atom stereocenters. The molecule has 17 heavy (non-hydrogen) atoms. The second kappa shape index (κ2) is 5.96. The summed E-state index contributed by atoms with van der Waals surface area (Å²) < 4.78 is 0. The maximum Gasteiger partial charge on any atom is 0.131 e. The molecule has 0 saturated heterocycles. The van der Waals surface area contributed by atoms with E-state index >= 15 is 0 Å². The molecule has 1 N–H and O–H groups in total. The van der Waals surface area contributed by atoms with Crippen LogP contribution < -0.4 is 10.2 Å². The van der Waals surface area contributed by atoms with Gasteiger partial charge in [0.25, 0.3) is 0 Å². The van der Waals surface area contributed by atoms with Gasteiger partial charge in [-0.2, -0.15) is 0 Å². The van der Waals surface area contributed by atoms with E-state index in [1.165, 1.54) is 25.7 Å². The summed E-state index contributed by atoms with van der Waals surface area (Å²) in [7, 11) is 2.14. The first kappa shape index (κ1) is 12.3. The molecule has 1 aromatic rings. The first-order chi connectivity index (χ1) is 8.31. The highest BCUT2D eigenvalue weighted by atomic mass is 15.2. The third-order valence-electron chi connectivity index (χ3n) is 3.66. The van der Waals surface area contributed by atoms with Gasteiger partial charge >= 0.3 is 0 Å². The highest BCUT2D eigenvalue weighted by Gasteiger charge is 2.23. The molecule has 4 heteroatoms. The lowest BCUT2D eigenvalue weighted by Gasteiger charge is -2.35. The number of hydrogen-bond donors (Lipinski definition) is 1. The molecule has 1 fully saturated rings. The molecular weight excluding hydrogens is 212 g/mol. The molecule has 1 saturated carbocycles. The minimum absolute atomic E-state index is 0.625. The maximum atomic E-state index is 4.31. The van der Waals surface area contributed by atoms with Gasteiger partial charge in [0.2, 0.25) is 0 Å². The van der Waals surface area contributed by atoms with Crippen molar-refractivity contribution in [3.63, 3.8) is 0 Å². The van der Waals surface area contributed by atoms with Crippen molar-refractivity contribution < 1.29 is 0 Å². The van der Waals surface area contributed by atoms with Crippen LogP contribution in [0.2, 0.25) is 0 Å². The molecule has 4 nitrogen and oxygen atoms in total. The fraction of sp³-hybridized carbons (Fsp3) is 0.692. The van der Waals surface area contributed by atoms with Crippen molar-refractivity contribution in [2.75, 3.05) is 18.5 Å². The number of rotatable bonds is 4. The molecule has 1 aliphatic rings. The molecule has 0 radical (unpaired) electrons. The number of hydrogen-bond acceptors (Lipinski definition) is 4. The van der Waals surface area contributed by atoms with Crippen molar-refractivity contribution >= 4 is 5.82 Å². The van der Waals surface area contributed by atoms with E-state index in [0.717, 1.165) is 18.4 Å². The SMILES string of the molecule is CCNC1CCC(N(C)c2ccncn2)CC1. The number of aromatic nitrogens is 2. The van der Waals surface area contributed by atoms with Crippen LogP contribution in [0.5, 0.6) is 0 Å². The molecule has 2 rings (SSSR count). The van der Waals surface area contributed by atoms with E-state index in [1.807, 2.05) is 12.3 Å². The Morgan fingerprint density at radius 3 is 2.71 bits per heavy atom. The van der Waals surface area contributed by atoms with Gasteiger partial charge in [0.05, 0.1) is 0 Å². The second-order valence-corrected chi connectivity index (χ2v) is 4.74. The third kappa shape index (κ3) is 3.16. The Balaban J connectivity index is 1.88. The van der Waals surface area contributed by atoms with Gasteiger partial charge in [0.1, 0.15) is 12.1 Å². The summed E-state index contributed by atoms with van der Waals surface area (Å²) in [6, 6.07) is 3.32. The van der Waals surface area contributed by atoms with Crippen LogP contribution in [-0.2, 0) is 0 Å². The summed E-state index contributed by atoms with van der Waals surface area (Å²) >= 11 is 0. The predicted molar refractivity (Wildman–Crippen MR) is 70.2 cm³/mol. The lowest BCUT2D eigenvalue weighted by atomic mass is 9.90. The zero-order valence-corrected chi connectivity index (χ0v) is 10.8. The Bertz CT molecular complexity index is 319. The van der Waals surface area contributed by atoms with Crippen molar-refractivity contribution in [1.82, 2.24) is 15.3 Å². The minimum atomic E-state index is 0.625. The van der Waals surface area contributed by atoms with Crippen molar-refractivity contribution in [2.24, 2.45) is 0 Å². The Labute approximate surface area is 103 Å². The largest absolute Gasteiger partial charge is 0.357 e. The van der Waals surface area contributed by atoms with E-state index in [2.05, 4.69) is 34.2 Å². The van der Waals surface area contributed by atoms with E-state index in [1.54, 1.807) is 6.33 Å².